The molecule has 1 aromatic rings. The molecule has 0 aliphatic heterocycles. The highest BCUT2D eigenvalue weighted by molar-refractivity contribution is 14.0. The first kappa shape index (κ1) is 17.9. The van der Waals surface area contributed by atoms with Gasteiger partial charge in [0.25, 0.3) is 0 Å². The summed E-state index contributed by atoms with van der Waals surface area (Å²) >= 11 is 0. The lowest BCUT2D eigenvalue weighted by atomic mass is 10.3. The van der Waals surface area contributed by atoms with Crippen LogP contribution in [0.25, 0.3) is 0 Å². The first-order valence-corrected chi connectivity index (χ1v) is 6.26. The van der Waals surface area contributed by atoms with Gasteiger partial charge in [0.1, 0.15) is 5.82 Å². The second-order valence-electron chi connectivity index (χ2n) is 4.23. The minimum atomic E-state index is 0. The number of halogens is 1. The molecule has 0 aromatic carbocycles. The fraction of sp³-hybridized carbons (Fsp3) is 0.538. The number of hydrogen-bond acceptors (Lipinski definition) is 3. The molecule has 0 spiro atoms. The van der Waals surface area contributed by atoms with Crippen molar-refractivity contribution in [1.29, 1.82) is 0 Å². The van der Waals surface area contributed by atoms with Gasteiger partial charge in [-0.1, -0.05) is 6.07 Å². The average molecular weight is 377 g/mol. The molecule has 2 N–H and O–H groups in total. The molecule has 1 heterocycles. The van der Waals surface area contributed by atoms with Crippen molar-refractivity contribution in [2.75, 3.05) is 32.1 Å². The third-order valence-corrected chi connectivity index (χ3v) is 2.74. The van der Waals surface area contributed by atoms with Crippen LogP contribution in [0, 0.1) is 0 Å². The molecular weight excluding hydrogens is 353 g/mol. The van der Waals surface area contributed by atoms with Gasteiger partial charge in [0, 0.05) is 27.2 Å². The summed E-state index contributed by atoms with van der Waals surface area (Å²) in [6.45, 7) is 6.39. The maximum absolute atomic E-state index is 5.92. The molecule has 0 unspecified atom stereocenters. The van der Waals surface area contributed by atoms with E-state index in [2.05, 4.69) is 23.8 Å². The van der Waals surface area contributed by atoms with E-state index in [9.17, 15) is 0 Å². The van der Waals surface area contributed by atoms with Crippen LogP contribution in [0.2, 0.25) is 0 Å². The average Bonchev–Trinajstić information content (AvgIpc) is 2.38. The first-order chi connectivity index (χ1) is 8.58. The summed E-state index contributed by atoms with van der Waals surface area (Å²) in [5.74, 6) is 1.51. The standard InChI is InChI=1S/C13H23N5.HI/c1-5-18(6-2)13(14)15-10-11-8-7-9-12(16-11)17(3)4;/h7-9H,5-6,10H2,1-4H3,(H2,14,15);1H. The van der Waals surface area contributed by atoms with Crippen molar-refractivity contribution in [3.63, 3.8) is 0 Å². The Morgan fingerprint density at radius 3 is 2.42 bits per heavy atom. The normalized spacial score (nSPS) is 10.8. The topological polar surface area (TPSA) is 57.8 Å². The van der Waals surface area contributed by atoms with E-state index in [1.165, 1.54) is 0 Å². The monoisotopic (exact) mass is 377 g/mol. The molecule has 1 rings (SSSR count). The van der Waals surface area contributed by atoms with E-state index in [1.54, 1.807) is 0 Å². The fourth-order valence-electron chi connectivity index (χ4n) is 1.61. The molecule has 6 heteroatoms. The molecule has 0 bridgehead atoms. The van der Waals surface area contributed by atoms with Gasteiger partial charge < -0.3 is 15.5 Å². The van der Waals surface area contributed by atoms with E-state index in [4.69, 9.17) is 5.73 Å². The van der Waals surface area contributed by atoms with Gasteiger partial charge in [-0.3, -0.25) is 0 Å². The van der Waals surface area contributed by atoms with Gasteiger partial charge in [-0.25, -0.2) is 9.98 Å². The molecule has 1 aromatic heterocycles. The highest BCUT2D eigenvalue weighted by Crippen LogP contribution is 2.08. The van der Waals surface area contributed by atoms with Crippen molar-refractivity contribution in [1.82, 2.24) is 9.88 Å². The van der Waals surface area contributed by atoms with Gasteiger partial charge in [0.15, 0.2) is 5.96 Å². The second-order valence-corrected chi connectivity index (χ2v) is 4.23. The number of guanidine groups is 1. The van der Waals surface area contributed by atoms with Gasteiger partial charge >= 0.3 is 0 Å². The van der Waals surface area contributed by atoms with Crippen LogP contribution in [0.15, 0.2) is 23.2 Å². The largest absolute Gasteiger partial charge is 0.370 e. The first-order valence-electron chi connectivity index (χ1n) is 6.26. The van der Waals surface area contributed by atoms with Crippen LogP contribution in [0.1, 0.15) is 19.5 Å². The van der Waals surface area contributed by atoms with Crippen LogP contribution in [0.5, 0.6) is 0 Å². The molecule has 0 aliphatic rings. The quantitative estimate of drug-likeness (QED) is 0.484. The molecule has 0 radical (unpaired) electrons. The molecule has 19 heavy (non-hydrogen) atoms. The Morgan fingerprint density at radius 1 is 1.26 bits per heavy atom. The van der Waals surface area contributed by atoms with Crippen molar-refractivity contribution in [2.45, 2.75) is 20.4 Å². The van der Waals surface area contributed by atoms with Gasteiger partial charge in [0.05, 0.1) is 12.2 Å². The second kappa shape index (κ2) is 8.95. The Balaban J connectivity index is 0.00000324. The Morgan fingerprint density at radius 2 is 1.89 bits per heavy atom. The highest BCUT2D eigenvalue weighted by Gasteiger charge is 2.03. The number of aliphatic imine (C=N–C) groups is 1. The van der Waals surface area contributed by atoms with E-state index < -0.39 is 0 Å². The molecule has 0 atom stereocenters. The molecule has 0 aliphatic carbocycles. The number of rotatable bonds is 5. The van der Waals surface area contributed by atoms with Crippen LogP contribution in [-0.2, 0) is 6.54 Å². The molecule has 0 saturated carbocycles. The van der Waals surface area contributed by atoms with Crippen molar-refractivity contribution < 1.29 is 0 Å². The number of nitrogens with zero attached hydrogens (tertiary/aromatic N) is 4. The van der Waals surface area contributed by atoms with Crippen LogP contribution >= 0.6 is 24.0 Å². The Bertz CT molecular complexity index is 402. The third-order valence-electron chi connectivity index (χ3n) is 2.74. The van der Waals surface area contributed by atoms with Crippen molar-refractivity contribution >= 4 is 35.8 Å². The lowest BCUT2D eigenvalue weighted by molar-refractivity contribution is 0.458. The molecule has 0 saturated heterocycles. The zero-order valence-corrected chi connectivity index (χ0v) is 14.5. The van der Waals surface area contributed by atoms with Gasteiger partial charge in [0.2, 0.25) is 0 Å². The Labute approximate surface area is 132 Å². The van der Waals surface area contributed by atoms with E-state index in [-0.39, 0.29) is 24.0 Å². The zero-order valence-electron chi connectivity index (χ0n) is 12.1. The number of hydrogen-bond donors (Lipinski definition) is 1. The lowest BCUT2D eigenvalue weighted by Crippen LogP contribution is -2.37. The minimum absolute atomic E-state index is 0. The summed E-state index contributed by atoms with van der Waals surface area (Å²) in [5.41, 5.74) is 6.85. The predicted molar refractivity (Wildman–Crippen MR) is 92.2 cm³/mol. The number of anilines is 1. The van der Waals surface area contributed by atoms with Crippen molar-refractivity contribution in [2.24, 2.45) is 10.7 Å². The summed E-state index contributed by atoms with van der Waals surface area (Å²) in [6.07, 6.45) is 0. The van der Waals surface area contributed by atoms with E-state index in [0.29, 0.717) is 12.5 Å². The highest BCUT2D eigenvalue weighted by atomic mass is 127. The number of nitrogens with two attached hydrogens (primary N) is 1. The molecule has 0 amide bonds. The van der Waals surface area contributed by atoms with E-state index >= 15 is 0 Å². The van der Waals surface area contributed by atoms with Crippen LogP contribution < -0.4 is 10.6 Å². The summed E-state index contributed by atoms with van der Waals surface area (Å²) in [4.78, 5) is 12.9. The number of aromatic nitrogens is 1. The van der Waals surface area contributed by atoms with Gasteiger partial charge in [-0.15, -0.1) is 24.0 Å². The summed E-state index contributed by atoms with van der Waals surface area (Å²) in [5, 5.41) is 0. The molecule has 5 nitrogen and oxygen atoms in total. The molecular formula is C13H24IN5. The summed E-state index contributed by atoms with van der Waals surface area (Å²) in [6, 6.07) is 5.92. The van der Waals surface area contributed by atoms with Crippen LogP contribution in [0.3, 0.4) is 0 Å². The van der Waals surface area contributed by atoms with Gasteiger partial charge in [-0.2, -0.15) is 0 Å². The number of pyridine rings is 1. The Kier molecular flexibility index (Phi) is 8.46. The van der Waals surface area contributed by atoms with E-state index in [0.717, 1.165) is 24.6 Å². The summed E-state index contributed by atoms with van der Waals surface area (Å²) < 4.78 is 0. The maximum Gasteiger partial charge on any atom is 0.191 e. The third kappa shape index (κ3) is 5.63. The Hall–Kier alpha value is -1.05. The lowest BCUT2D eigenvalue weighted by Gasteiger charge is -2.19. The fourth-order valence-corrected chi connectivity index (χ4v) is 1.61. The van der Waals surface area contributed by atoms with Crippen LogP contribution in [-0.4, -0.2) is 43.0 Å². The molecule has 108 valence electrons. The minimum Gasteiger partial charge on any atom is -0.370 e. The van der Waals surface area contributed by atoms with Crippen molar-refractivity contribution in [3.05, 3.63) is 23.9 Å². The van der Waals surface area contributed by atoms with Crippen molar-refractivity contribution in [3.8, 4) is 0 Å². The van der Waals surface area contributed by atoms with Crippen LogP contribution in [0.4, 0.5) is 5.82 Å². The summed E-state index contributed by atoms with van der Waals surface area (Å²) in [7, 11) is 3.94. The maximum atomic E-state index is 5.92. The van der Waals surface area contributed by atoms with Gasteiger partial charge in [-0.05, 0) is 26.0 Å². The molecule has 0 fully saturated rings. The zero-order chi connectivity index (χ0) is 13.5. The van der Waals surface area contributed by atoms with E-state index in [1.807, 2.05) is 42.1 Å². The SMILES string of the molecule is CCN(CC)C(N)=NCc1cccc(N(C)C)n1.I. The smallest absolute Gasteiger partial charge is 0.191 e. The predicted octanol–water partition coefficient (Wildman–Crippen LogP) is 1.92.